The Morgan fingerprint density at radius 3 is 2.50 bits per heavy atom. The van der Waals surface area contributed by atoms with Crippen molar-refractivity contribution in [1.29, 1.82) is 0 Å². The molecule has 8 atom stereocenters. The summed E-state index contributed by atoms with van der Waals surface area (Å²) in [4.78, 5) is 12.1. The smallest absolute Gasteiger partial charge is 0.133 e. The van der Waals surface area contributed by atoms with E-state index in [2.05, 4.69) is 6.92 Å². The Balaban J connectivity index is 1.56. The van der Waals surface area contributed by atoms with Crippen LogP contribution in [0.5, 0.6) is 0 Å². The fraction of sp³-hybridized carbons (Fsp3) is 0.950. The first kappa shape index (κ1) is 15.2. The molecule has 0 spiro atoms. The number of hydrogen-bond donors (Lipinski definition) is 1. The quantitative estimate of drug-likeness (QED) is 0.788. The molecular formula is C20H32O2. The summed E-state index contributed by atoms with van der Waals surface area (Å²) in [5, 5.41) is 9.99. The monoisotopic (exact) mass is 304 g/mol. The van der Waals surface area contributed by atoms with E-state index in [1.54, 1.807) is 0 Å². The standard InChI is InChI=1S/C20H32O2/c1-12(21)18-7-8-19-17-5-3-13-11-14(22)4-6-15(13)16(17)9-10-20(18,19)2/h13-19,22H,3-11H2,1-2H3/t13-,14-,15?,16-,17-,18+,19+,20-/m1/s1. The van der Waals surface area contributed by atoms with E-state index in [1.807, 2.05) is 6.92 Å². The second-order valence-electron chi connectivity index (χ2n) is 9.19. The summed E-state index contributed by atoms with van der Waals surface area (Å²) < 4.78 is 0. The lowest BCUT2D eigenvalue weighted by Crippen LogP contribution is -2.49. The largest absolute Gasteiger partial charge is 0.393 e. The van der Waals surface area contributed by atoms with Crippen molar-refractivity contribution in [3.63, 3.8) is 0 Å². The highest BCUT2D eigenvalue weighted by atomic mass is 16.3. The Morgan fingerprint density at radius 1 is 0.955 bits per heavy atom. The van der Waals surface area contributed by atoms with E-state index in [-0.39, 0.29) is 6.10 Å². The van der Waals surface area contributed by atoms with Crippen molar-refractivity contribution in [2.24, 2.45) is 40.9 Å². The molecule has 4 aliphatic carbocycles. The summed E-state index contributed by atoms with van der Waals surface area (Å²) >= 11 is 0. The summed E-state index contributed by atoms with van der Waals surface area (Å²) in [5.74, 6) is 5.02. The molecule has 1 N–H and O–H groups in total. The van der Waals surface area contributed by atoms with Crippen LogP contribution in [0, 0.1) is 40.9 Å². The van der Waals surface area contributed by atoms with Gasteiger partial charge in [0.1, 0.15) is 5.78 Å². The van der Waals surface area contributed by atoms with Gasteiger partial charge in [0.15, 0.2) is 0 Å². The van der Waals surface area contributed by atoms with Gasteiger partial charge in [-0.1, -0.05) is 6.92 Å². The Bertz CT molecular complexity index is 459. The van der Waals surface area contributed by atoms with Crippen molar-refractivity contribution in [2.75, 3.05) is 0 Å². The lowest BCUT2D eigenvalue weighted by Gasteiger charge is -2.56. The van der Waals surface area contributed by atoms with Crippen LogP contribution in [0.3, 0.4) is 0 Å². The molecule has 0 aromatic heterocycles. The third-order valence-corrected chi connectivity index (χ3v) is 8.42. The first-order valence-electron chi connectivity index (χ1n) is 9.69. The highest BCUT2D eigenvalue weighted by Crippen LogP contribution is 2.64. The van der Waals surface area contributed by atoms with Gasteiger partial charge in [0, 0.05) is 5.92 Å². The van der Waals surface area contributed by atoms with E-state index in [9.17, 15) is 9.90 Å². The fourth-order valence-corrected chi connectivity index (χ4v) is 7.50. The molecule has 0 aliphatic heterocycles. The van der Waals surface area contributed by atoms with Gasteiger partial charge in [-0.25, -0.2) is 0 Å². The predicted molar refractivity (Wildman–Crippen MR) is 87.3 cm³/mol. The lowest BCUT2D eigenvalue weighted by molar-refractivity contribution is -0.128. The minimum Gasteiger partial charge on any atom is -0.393 e. The molecule has 0 aromatic carbocycles. The second kappa shape index (κ2) is 5.33. The zero-order valence-corrected chi connectivity index (χ0v) is 14.3. The number of aliphatic hydroxyl groups is 1. The van der Waals surface area contributed by atoms with Crippen LogP contribution in [0.25, 0.3) is 0 Å². The van der Waals surface area contributed by atoms with Gasteiger partial charge >= 0.3 is 0 Å². The molecule has 4 rings (SSSR count). The maximum absolute atomic E-state index is 12.1. The summed E-state index contributed by atoms with van der Waals surface area (Å²) in [6.07, 6.45) is 11.1. The summed E-state index contributed by atoms with van der Waals surface area (Å²) in [6.45, 7) is 4.26. The van der Waals surface area contributed by atoms with Crippen molar-refractivity contribution in [2.45, 2.75) is 77.7 Å². The second-order valence-corrected chi connectivity index (χ2v) is 9.19. The molecule has 2 nitrogen and oxygen atoms in total. The molecule has 0 radical (unpaired) electrons. The molecule has 0 bridgehead atoms. The van der Waals surface area contributed by atoms with Gasteiger partial charge in [-0.3, -0.25) is 4.79 Å². The SMILES string of the molecule is CC(=O)[C@@H]1CC[C@H]2[C@@H]3CC[C@@H]4C[C@H](O)CCC4[C@H]3CC[C@]12C. The maximum Gasteiger partial charge on any atom is 0.133 e. The number of Topliss-reactive ketones (excluding diaryl/α,β-unsaturated/α-hetero) is 1. The van der Waals surface area contributed by atoms with E-state index < -0.39 is 0 Å². The molecule has 22 heavy (non-hydrogen) atoms. The zero-order valence-electron chi connectivity index (χ0n) is 14.3. The molecular weight excluding hydrogens is 272 g/mol. The van der Waals surface area contributed by atoms with Gasteiger partial charge in [-0.15, -0.1) is 0 Å². The fourth-order valence-electron chi connectivity index (χ4n) is 7.50. The van der Waals surface area contributed by atoms with E-state index in [4.69, 9.17) is 0 Å². The summed E-state index contributed by atoms with van der Waals surface area (Å²) in [7, 11) is 0. The maximum atomic E-state index is 12.1. The van der Waals surface area contributed by atoms with E-state index >= 15 is 0 Å². The molecule has 0 heterocycles. The molecule has 4 saturated carbocycles. The Labute approximate surface area is 135 Å². The molecule has 0 saturated heterocycles. The highest BCUT2D eigenvalue weighted by molar-refractivity contribution is 5.79. The van der Waals surface area contributed by atoms with Crippen LogP contribution in [-0.4, -0.2) is 17.0 Å². The van der Waals surface area contributed by atoms with E-state index in [0.29, 0.717) is 17.1 Å². The van der Waals surface area contributed by atoms with Gasteiger partial charge in [0.05, 0.1) is 6.10 Å². The molecule has 2 heteroatoms. The number of rotatable bonds is 1. The Kier molecular flexibility index (Phi) is 3.67. The molecule has 4 aliphatic rings. The third kappa shape index (κ3) is 2.12. The number of fused-ring (bicyclic) bond motifs is 5. The molecule has 4 fully saturated rings. The normalized spacial score (nSPS) is 54.2. The first-order chi connectivity index (χ1) is 10.5. The van der Waals surface area contributed by atoms with Gasteiger partial charge in [0.25, 0.3) is 0 Å². The number of carbonyl (C=O) groups excluding carboxylic acids is 1. The minimum atomic E-state index is -0.0276. The van der Waals surface area contributed by atoms with Gasteiger partial charge in [0.2, 0.25) is 0 Å². The van der Waals surface area contributed by atoms with Crippen molar-refractivity contribution < 1.29 is 9.90 Å². The van der Waals surface area contributed by atoms with Crippen LogP contribution < -0.4 is 0 Å². The van der Waals surface area contributed by atoms with Crippen LogP contribution in [0.2, 0.25) is 0 Å². The van der Waals surface area contributed by atoms with Crippen molar-refractivity contribution in [1.82, 2.24) is 0 Å². The van der Waals surface area contributed by atoms with Crippen LogP contribution in [0.4, 0.5) is 0 Å². The van der Waals surface area contributed by atoms with Gasteiger partial charge in [-0.2, -0.15) is 0 Å². The number of carbonyl (C=O) groups is 1. The zero-order chi connectivity index (χ0) is 15.5. The van der Waals surface area contributed by atoms with Crippen LogP contribution in [-0.2, 0) is 4.79 Å². The topological polar surface area (TPSA) is 37.3 Å². The average molecular weight is 304 g/mol. The van der Waals surface area contributed by atoms with Crippen LogP contribution in [0.15, 0.2) is 0 Å². The van der Waals surface area contributed by atoms with Gasteiger partial charge in [-0.05, 0) is 99.7 Å². The van der Waals surface area contributed by atoms with Crippen LogP contribution in [0.1, 0.15) is 71.6 Å². The molecule has 0 aromatic rings. The molecule has 124 valence electrons. The van der Waals surface area contributed by atoms with Gasteiger partial charge < -0.3 is 5.11 Å². The first-order valence-corrected chi connectivity index (χ1v) is 9.69. The summed E-state index contributed by atoms with van der Waals surface area (Å²) in [6, 6.07) is 0. The molecule has 0 amide bonds. The molecule has 1 unspecified atom stereocenters. The van der Waals surface area contributed by atoms with Crippen LogP contribution >= 0.6 is 0 Å². The Morgan fingerprint density at radius 2 is 1.73 bits per heavy atom. The van der Waals surface area contributed by atoms with E-state index in [0.717, 1.165) is 48.9 Å². The average Bonchev–Trinajstić information content (AvgIpc) is 2.84. The number of ketones is 1. The number of aliphatic hydroxyl groups excluding tert-OH is 1. The summed E-state index contributed by atoms with van der Waals surface area (Å²) in [5.41, 5.74) is 0.300. The highest BCUT2D eigenvalue weighted by Gasteiger charge is 2.57. The van der Waals surface area contributed by atoms with Crippen molar-refractivity contribution in [3.05, 3.63) is 0 Å². The third-order valence-electron chi connectivity index (χ3n) is 8.42. The Hall–Kier alpha value is -0.370. The van der Waals surface area contributed by atoms with Crippen molar-refractivity contribution >= 4 is 5.78 Å². The van der Waals surface area contributed by atoms with Crippen molar-refractivity contribution in [3.8, 4) is 0 Å². The minimum absolute atomic E-state index is 0.0276. The van der Waals surface area contributed by atoms with E-state index in [1.165, 1.54) is 38.5 Å². The lowest BCUT2D eigenvalue weighted by atomic mass is 9.49. The predicted octanol–water partition coefficient (Wildman–Crippen LogP) is 4.21. The number of hydrogen-bond acceptors (Lipinski definition) is 2.